The number of carbonyl (C=O) groups is 1. The molecule has 0 aliphatic heterocycles. The highest BCUT2D eigenvalue weighted by Crippen LogP contribution is 2.08. The Morgan fingerprint density at radius 1 is 1.42 bits per heavy atom. The molecule has 0 amide bonds. The predicted molar refractivity (Wildman–Crippen MR) is 75.0 cm³/mol. The van der Waals surface area contributed by atoms with E-state index in [-0.39, 0.29) is 11.5 Å². The number of carbonyl (C=O) groups excluding carboxylic acids is 1. The topological polar surface area (TPSA) is 54.5 Å². The maximum Gasteiger partial charge on any atom is 0.339 e. The number of nitrogens with one attached hydrogen (secondary N) is 1. The van der Waals surface area contributed by atoms with Crippen molar-refractivity contribution >= 4 is 5.97 Å². The first-order valence-corrected chi connectivity index (χ1v) is 6.28. The van der Waals surface area contributed by atoms with Crippen LogP contribution in [0.2, 0.25) is 0 Å². The Bertz CT molecular complexity index is 413. The molecule has 0 unspecified atom stereocenters. The fraction of sp³-hybridized carbons (Fsp3) is 0.571. The molecule has 1 heterocycles. The van der Waals surface area contributed by atoms with E-state index in [2.05, 4.69) is 47.9 Å². The molecular formula is C14H23N3O2. The molecule has 0 aromatic carbocycles. The van der Waals surface area contributed by atoms with Gasteiger partial charge in [-0.25, -0.2) is 4.79 Å². The molecule has 0 aliphatic rings. The second-order valence-electron chi connectivity index (χ2n) is 5.34. The third-order valence-corrected chi connectivity index (χ3v) is 3.32. The summed E-state index contributed by atoms with van der Waals surface area (Å²) >= 11 is 0. The van der Waals surface area contributed by atoms with Crippen molar-refractivity contribution in [3.63, 3.8) is 0 Å². The number of likely N-dealkylation sites (N-methyl/N-ethyl adjacent to an activating group) is 1. The zero-order valence-electron chi connectivity index (χ0n) is 12.4. The van der Waals surface area contributed by atoms with Gasteiger partial charge < -0.3 is 15.0 Å². The summed E-state index contributed by atoms with van der Waals surface area (Å²) < 4.78 is 4.63. The van der Waals surface area contributed by atoms with Crippen LogP contribution in [0.3, 0.4) is 0 Å². The van der Waals surface area contributed by atoms with Crippen molar-refractivity contribution in [3.8, 4) is 0 Å². The number of esters is 1. The molecular weight excluding hydrogens is 242 g/mol. The minimum atomic E-state index is -0.360. The van der Waals surface area contributed by atoms with Gasteiger partial charge in [0.15, 0.2) is 0 Å². The van der Waals surface area contributed by atoms with Crippen LogP contribution in [0.4, 0.5) is 0 Å². The first-order chi connectivity index (χ1) is 8.86. The maximum absolute atomic E-state index is 11.3. The van der Waals surface area contributed by atoms with Gasteiger partial charge in [0.25, 0.3) is 0 Å². The lowest BCUT2D eigenvalue weighted by molar-refractivity contribution is 0.0600. The number of hydrogen-bond donors (Lipinski definition) is 1. The van der Waals surface area contributed by atoms with Crippen LogP contribution in [0.5, 0.6) is 0 Å². The highest BCUT2D eigenvalue weighted by Gasteiger charge is 2.19. The summed E-state index contributed by atoms with van der Waals surface area (Å²) in [4.78, 5) is 17.7. The van der Waals surface area contributed by atoms with Gasteiger partial charge in [-0.2, -0.15) is 0 Å². The van der Waals surface area contributed by atoms with Crippen LogP contribution in [0, 0.1) is 0 Å². The van der Waals surface area contributed by atoms with Crippen molar-refractivity contribution in [2.45, 2.75) is 25.9 Å². The Morgan fingerprint density at radius 2 is 2.11 bits per heavy atom. The number of pyridine rings is 1. The van der Waals surface area contributed by atoms with Crippen molar-refractivity contribution in [2.75, 3.05) is 27.7 Å². The number of nitrogens with zero attached hydrogens (tertiary/aromatic N) is 2. The summed E-state index contributed by atoms with van der Waals surface area (Å²) in [5.74, 6) is -0.360. The van der Waals surface area contributed by atoms with Crippen molar-refractivity contribution in [1.29, 1.82) is 0 Å². The molecule has 0 fully saturated rings. The second-order valence-corrected chi connectivity index (χ2v) is 5.34. The maximum atomic E-state index is 11.3. The molecule has 106 valence electrons. The molecule has 0 bridgehead atoms. The average Bonchev–Trinajstić information content (AvgIpc) is 2.38. The van der Waals surface area contributed by atoms with E-state index in [1.54, 1.807) is 12.3 Å². The summed E-state index contributed by atoms with van der Waals surface area (Å²) in [6, 6.07) is 3.56. The number of aromatic nitrogens is 1. The molecule has 1 aromatic heterocycles. The predicted octanol–water partition coefficient (Wildman–Crippen LogP) is 1.30. The lowest BCUT2D eigenvalue weighted by Gasteiger charge is -2.32. The molecule has 5 heteroatoms. The molecule has 0 saturated carbocycles. The molecule has 19 heavy (non-hydrogen) atoms. The average molecular weight is 265 g/mol. The van der Waals surface area contributed by atoms with E-state index in [1.165, 1.54) is 7.11 Å². The van der Waals surface area contributed by atoms with Crippen molar-refractivity contribution in [2.24, 2.45) is 0 Å². The molecule has 5 nitrogen and oxygen atoms in total. The zero-order chi connectivity index (χ0) is 14.5. The van der Waals surface area contributed by atoms with E-state index >= 15 is 0 Å². The number of hydrogen-bond acceptors (Lipinski definition) is 5. The van der Waals surface area contributed by atoms with Gasteiger partial charge in [0.2, 0.25) is 0 Å². The molecule has 0 atom stereocenters. The number of methoxy groups -OCH3 is 1. The Labute approximate surface area is 115 Å². The molecule has 0 radical (unpaired) electrons. The molecule has 1 aromatic rings. The van der Waals surface area contributed by atoms with Crippen LogP contribution < -0.4 is 5.32 Å². The minimum absolute atomic E-state index is 0.0892. The third-order valence-electron chi connectivity index (χ3n) is 3.32. The first kappa shape index (κ1) is 15.6. The molecule has 0 spiro atoms. The molecule has 1 N–H and O–H groups in total. The normalized spacial score (nSPS) is 11.7. The second kappa shape index (κ2) is 6.63. The van der Waals surface area contributed by atoms with Gasteiger partial charge in [-0.15, -0.1) is 0 Å². The highest BCUT2D eigenvalue weighted by atomic mass is 16.5. The van der Waals surface area contributed by atoms with Gasteiger partial charge in [0.1, 0.15) is 0 Å². The Morgan fingerprint density at radius 3 is 2.58 bits per heavy atom. The van der Waals surface area contributed by atoms with E-state index in [1.807, 2.05) is 6.07 Å². The fourth-order valence-electron chi connectivity index (χ4n) is 1.42. The summed E-state index contributed by atoms with van der Waals surface area (Å²) in [5, 5.41) is 3.37. The van der Waals surface area contributed by atoms with Crippen molar-refractivity contribution in [3.05, 3.63) is 29.6 Å². The summed E-state index contributed by atoms with van der Waals surface area (Å²) in [6.45, 7) is 5.89. The van der Waals surface area contributed by atoms with Crippen LogP contribution in [-0.2, 0) is 11.3 Å². The summed E-state index contributed by atoms with van der Waals surface area (Å²) in [5.41, 5.74) is 1.47. The first-order valence-electron chi connectivity index (χ1n) is 6.28. The van der Waals surface area contributed by atoms with Gasteiger partial charge >= 0.3 is 5.97 Å². The smallest absolute Gasteiger partial charge is 0.339 e. The molecule has 0 saturated heterocycles. The summed E-state index contributed by atoms with van der Waals surface area (Å²) in [7, 11) is 5.48. The van der Waals surface area contributed by atoms with Gasteiger partial charge in [-0.1, -0.05) is 0 Å². The lowest BCUT2D eigenvalue weighted by atomic mass is 10.0. The van der Waals surface area contributed by atoms with Crippen LogP contribution in [0.1, 0.15) is 29.9 Å². The van der Waals surface area contributed by atoms with Gasteiger partial charge in [-0.3, -0.25) is 4.98 Å². The zero-order valence-corrected chi connectivity index (χ0v) is 12.4. The van der Waals surface area contributed by atoms with Gasteiger partial charge in [0, 0.05) is 24.8 Å². The standard InChI is InChI=1S/C14H23N3O2/c1-14(2,17(3)4)10-15-9-12-7-6-11(8-16-12)13(18)19-5/h6-8,15H,9-10H2,1-5H3. The largest absolute Gasteiger partial charge is 0.465 e. The Balaban J connectivity index is 2.49. The third kappa shape index (κ3) is 4.61. The minimum Gasteiger partial charge on any atom is -0.465 e. The van der Waals surface area contributed by atoms with Crippen LogP contribution in [0.15, 0.2) is 18.3 Å². The van der Waals surface area contributed by atoms with Crippen molar-refractivity contribution in [1.82, 2.24) is 15.2 Å². The SMILES string of the molecule is COC(=O)c1ccc(CNCC(C)(C)N(C)C)nc1. The number of rotatable bonds is 6. The van der Waals surface area contributed by atoms with E-state index < -0.39 is 0 Å². The monoisotopic (exact) mass is 265 g/mol. The van der Waals surface area contributed by atoms with Crippen LogP contribution in [-0.4, -0.2) is 49.1 Å². The lowest BCUT2D eigenvalue weighted by Crippen LogP contribution is -2.46. The fourth-order valence-corrected chi connectivity index (χ4v) is 1.42. The van der Waals surface area contributed by atoms with Gasteiger partial charge in [-0.05, 0) is 40.1 Å². The van der Waals surface area contributed by atoms with E-state index in [0.717, 1.165) is 12.2 Å². The van der Waals surface area contributed by atoms with Gasteiger partial charge in [0.05, 0.1) is 18.4 Å². The van der Waals surface area contributed by atoms with Crippen LogP contribution in [0.25, 0.3) is 0 Å². The number of ether oxygens (including phenoxy) is 1. The van der Waals surface area contributed by atoms with Crippen molar-refractivity contribution < 1.29 is 9.53 Å². The van der Waals surface area contributed by atoms with E-state index in [4.69, 9.17) is 0 Å². The Hall–Kier alpha value is -1.46. The molecule has 0 aliphatic carbocycles. The quantitative estimate of drug-likeness (QED) is 0.786. The summed E-state index contributed by atoms with van der Waals surface area (Å²) in [6.07, 6.45) is 1.54. The molecule has 1 rings (SSSR count). The van der Waals surface area contributed by atoms with E-state index in [9.17, 15) is 4.79 Å². The van der Waals surface area contributed by atoms with Crippen LogP contribution >= 0.6 is 0 Å². The highest BCUT2D eigenvalue weighted by molar-refractivity contribution is 5.88. The Kier molecular flexibility index (Phi) is 5.44. The van der Waals surface area contributed by atoms with E-state index in [0.29, 0.717) is 12.1 Å².